The zero-order valence-corrected chi connectivity index (χ0v) is 15.1. The molecule has 0 radical (unpaired) electrons. The van der Waals surface area contributed by atoms with Crippen LogP contribution in [0.5, 0.6) is 5.75 Å². The molecule has 0 unspecified atom stereocenters. The van der Waals surface area contributed by atoms with Gasteiger partial charge in [0, 0.05) is 16.9 Å². The van der Waals surface area contributed by atoms with Crippen LogP contribution >= 0.6 is 22.9 Å². The molecule has 0 spiro atoms. The van der Waals surface area contributed by atoms with E-state index in [-0.39, 0.29) is 11.3 Å². The highest BCUT2D eigenvalue weighted by molar-refractivity contribution is 7.09. The number of amides is 1. The van der Waals surface area contributed by atoms with Gasteiger partial charge in [-0.25, -0.2) is 4.98 Å². The van der Waals surface area contributed by atoms with E-state index in [1.807, 2.05) is 5.38 Å². The first-order chi connectivity index (χ1) is 10.7. The third kappa shape index (κ3) is 4.14. The van der Waals surface area contributed by atoms with E-state index in [1.54, 1.807) is 6.07 Å². The number of carbonyl (C=O) groups excluding carboxylic acids is 1. The number of nitrogens with two attached hydrogens (primary N) is 1. The number of benzene rings is 1. The molecule has 2 rings (SSSR count). The average Bonchev–Trinajstić information content (AvgIpc) is 2.96. The zero-order chi connectivity index (χ0) is 17.2. The molecule has 23 heavy (non-hydrogen) atoms. The van der Waals surface area contributed by atoms with Crippen LogP contribution in [0.2, 0.25) is 5.02 Å². The number of hydrogen-bond donors (Lipinski definition) is 2. The molecule has 0 aliphatic heterocycles. The number of ether oxygens (including phenoxy) is 1. The molecule has 0 saturated carbocycles. The number of nitrogens with zero attached hydrogens (tertiary/aromatic N) is 1. The molecular weight excluding hydrogens is 334 g/mol. The monoisotopic (exact) mass is 353 g/mol. The fraction of sp³-hybridized carbons (Fsp3) is 0.375. The lowest BCUT2D eigenvalue weighted by atomic mass is 9.93. The predicted octanol–water partition coefficient (Wildman–Crippen LogP) is 3.61. The van der Waals surface area contributed by atoms with E-state index in [4.69, 9.17) is 22.1 Å². The summed E-state index contributed by atoms with van der Waals surface area (Å²) in [5.74, 6) is 0.107. The van der Waals surface area contributed by atoms with E-state index in [0.29, 0.717) is 28.6 Å². The van der Waals surface area contributed by atoms with Crippen molar-refractivity contribution < 1.29 is 9.53 Å². The number of hydrogen-bond acceptors (Lipinski definition) is 5. The van der Waals surface area contributed by atoms with Gasteiger partial charge in [-0.2, -0.15) is 0 Å². The van der Waals surface area contributed by atoms with Gasteiger partial charge in [-0.1, -0.05) is 32.4 Å². The summed E-state index contributed by atoms with van der Waals surface area (Å²) in [6.45, 7) is 6.66. The second kappa shape index (κ2) is 6.76. The minimum absolute atomic E-state index is 0.00748. The highest BCUT2D eigenvalue weighted by Crippen LogP contribution is 2.29. The van der Waals surface area contributed by atoms with Crippen LogP contribution in [0.25, 0.3) is 0 Å². The molecule has 0 atom stereocenters. The average molecular weight is 354 g/mol. The van der Waals surface area contributed by atoms with Gasteiger partial charge in [-0.3, -0.25) is 4.79 Å². The maximum Gasteiger partial charge on any atom is 0.255 e. The fourth-order valence-electron chi connectivity index (χ4n) is 1.90. The third-order valence-corrected chi connectivity index (χ3v) is 4.46. The van der Waals surface area contributed by atoms with Crippen molar-refractivity contribution in [2.45, 2.75) is 32.7 Å². The van der Waals surface area contributed by atoms with Crippen molar-refractivity contribution in [3.8, 4) is 5.75 Å². The zero-order valence-electron chi connectivity index (χ0n) is 13.6. The van der Waals surface area contributed by atoms with Crippen molar-refractivity contribution in [3.05, 3.63) is 38.8 Å². The molecule has 1 aromatic heterocycles. The lowest BCUT2D eigenvalue weighted by Crippen LogP contribution is -2.23. The third-order valence-electron chi connectivity index (χ3n) is 3.28. The van der Waals surface area contributed by atoms with E-state index in [9.17, 15) is 4.79 Å². The molecule has 0 bridgehead atoms. The number of aromatic nitrogens is 1. The summed E-state index contributed by atoms with van der Waals surface area (Å²) in [4.78, 5) is 16.9. The Morgan fingerprint density at radius 3 is 2.70 bits per heavy atom. The number of rotatable bonds is 4. The summed E-state index contributed by atoms with van der Waals surface area (Å²) < 4.78 is 5.19. The van der Waals surface area contributed by atoms with Crippen LogP contribution in [0.4, 0.5) is 5.69 Å². The molecule has 0 aliphatic carbocycles. The molecule has 1 heterocycles. The van der Waals surface area contributed by atoms with Crippen LogP contribution in [-0.4, -0.2) is 18.0 Å². The SMILES string of the molecule is COc1cc(N)c(Cl)cc1C(=O)NCc1nc(C(C)(C)C)cs1. The summed E-state index contributed by atoms with van der Waals surface area (Å²) in [5.41, 5.74) is 7.44. The van der Waals surface area contributed by atoms with Crippen molar-refractivity contribution in [1.29, 1.82) is 0 Å². The van der Waals surface area contributed by atoms with Crippen LogP contribution in [0.15, 0.2) is 17.5 Å². The van der Waals surface area contributed by atoms with Gasteiger partial charge in [-0.05, 0) is 6.07 Å². The molecule has 3 N–H and O–H groups in total. The van der Waals surface area contributed by atoms with E-state index in [2.05, 4.69) is 31.1 Å². The van der Waals surface area contributed by atoms with Gasteiger partial charge in [0.1, 0.15) is 10.8 Å². The first-order valence-corrected chi connectivity index (χ1v) is 8.34. The smallest absolute Gasteiger partial charge is 0.255 e. The maximum atomic E-state index is 12.4. The minimum Gasteiger partial charge on any atom is -0.496 e. The first kappa shape index (κ1) is 17.6. The Balaban J connectivity index is 2.11. The van der Waals surface area contributed by atoms with Gasteiger partial charge in [0.25, 0.3) is 5.91 Å². The molecule has 5 nitrogen and oxygen atoms in total. The summed E-state index contributed by atoms with van der Waals surface area (Å²) in [5, 5.41) is 6.02. The first-order valence-electron chi connectivity index (χ1n) is 7.08. The molecule has 1 amide bonds. The Bertz CT molecular complexity index is 723. The largest absolute Gasteiger partial charge is 0.496 e. The summed E-state index contributed by atoms with van der Waals surface area (Å²) >= 11 is 7.51. The number of methoxy groups -OCH3 is 1. The molecule has 1 aromatic carbocycles. The Hall–Kier alpha value is -1.79. The van der Waals surface area contributed by atoms with Crippen molar-refractivity contribution >= 4 is 34.5 Å². The molecule has 0 saturated heterocycles. The summed E-state index contributed by atoms with van der Waals surface area (Å²) in [6.07, 6.45) is 0. The number of anilines is 1. The Morgan fingerprint density at radius 1 is 1.43 bits per heavy atom. The van der Waals surface area contributed by atoms with E-state index >= 15 is 0 Å². The summed E-state index contributed by atoms with van der Waals surface area (Å²) in [6, 6.07) is 3.05. The molecule has 2 aromatic rings. The van der Waals surface area contributed by atoms with Gasteiger partial charge in [-0.15, -0.1) is 11.3 Å². The second-order valence-corrected chi connectivity index (χ2v) is 7.48. The van der Waals surface area contributed by atoms with Crippen LogP contribution in [0, 0.1) is 0 Å². The second-order valence-electron chi connectivity index (χ2n) is 6.13. The van der Waals surface area contributed by atoms with Gasteiger partial charge >= 0.3 is 0 Å². The number of carbonyl (C=O) groups is 1. The Kier molecular flexibility index (Phi) is 5.16. The number of nitrogens with one attached hydrogen (secondary N) is 1. The molecular formula is C16H20ClN3O2S. The predicted molar refractivity (Wildman–Crippen MR) is 94.4 cm³/mol. The van der Waals surface area contributed by atoms with E-state index in [1.165, 1.54) is 24.5 Å². The van der Waals surface area contributed by atoms with Gasteiger partial charge in [0.05, 0.1) is 35.6 Å². The highest BCUT2D eigenvalue weighted by Gasteiger charge is 2.18. The standard InChI is InChI=1S/C16H20ClN3O2S/c1-16(2,3)13-8-23-14(20-13)7-19-15(21)9-5-10(17)11(18)6-12(9)22-4/h5-6,8H,7,18H2,1-4H3,(H,19,21). The molecule has 0 aliphatic rings. The van der Waals surface area contributed by atoms with Gasteiger partial charge in [0.2, 0.25) is 0 Å². The lowest BCUT2D eigenvalue weighted by molar-refractivity contribution is 0.0948. The van der Waals surface area contributed by atoms with Crippen LogP contribution in [0.3, 0.4) is 0 Å². The summed E-state index contributed by atoms with van der Waals surface area (Å²) in [7, 11) is 1.48. The van der Waals surface area contributed by atoms with Crippen molar-refractivity contribution in [1.82, 2.24) is 10.3 Å². The fourth-order valence-corrected chi connectivity index (χ4v) is 3.03. The lowest BCUT2D eigenvalue weighted by Gasteiger charge is -2.14. The highest BCUT2D eigenvalue weighted by atomic mass is 35.5. The van der Waals surface area contributed by atoms with Crippen LogP contribution in [-0.2, 0) is 12.0 Å². The van der Waals surface area contributed by atoms with Gasteiger partial charge in [0.15, 0.2) is 0 Å². The quantitative estimate of drug-likeness (QED) is 0.823. The van der Waals surface area contributed by atoms with Crippen molar-refractivity contribution in [3.63, 3.8) is 0 Å². The van der Waals surface area contributed by atoms with Crippen molar-refractivity contribution in [2.75, 3.05) is 12.8 Å². The van der Waals surface area contributed by atoms with E-state index in [0.717, 1.165) is 10.7 Å². The van der Waals surface area contributed by atoms with Crippen molar-refractivity contribution in [2.24, 2.45) is 0 Å². The topological polar surface area (TPSA) is 77.2 Å². The normalized spacial score (nSPS) is 11.3. The molecule has 124 valence electrons. The van der Waals surface area contributed by atoms with Crippen LogP contribution in [0.1, 0.15) is 41.8 Å². The van der Waals surface area contributed by atoms with E-state index < -0.39 is 0 Å². The van der Waals surface area contributed by atoms with Gasteiger partial charge < -0.3 is 15.8 Å². The number of thiazole rings is 1. The van der Waals surface area contributed by atoms with Crippen LogP contribution < -0.4 is 15.8 Å². The molecule has 0 fully saturated rings. The molecule has 7 heteroatoms. The number of halogens is 1. The Morgan fingerprint density at radius 2 is 2.13 bits per heavy atom. The minimum atomic E-state index is -0.281. The Labute approximate surface area is 144 Å². The number of nitrogen functional groups attached to an aromatic ring is 1. The maximum absolute atomic E-state index is 12.4.